The van der Waals surface area contributed by atoms with E-state index in [1.807, 2.05) is 29.8 Å². The average Bonchev–Trinajstić information content (AvgIpc) is 3.02. The molecule has 1 saturated heterocycles. The molecule has 2 heterocycles. The Labute approximate surface area is 130 Å². The van der Waals surface area contributed by atoms with Crippen LogP contribution in [0, 0.1) is 0 Å². The number of rotatable bonds is 3. The van der Waals surface area contributed by atoms with E-state index in [2.05, 4.69) is 30.7 Å². The lowest BCUT2D eigenvalue weighted by molar-refractivity contribution is 0.112. The maximum absolute atomic E-state index is 11.2. The zero-order valence-corrected chi connectivity index (χ0v) is 13.2. The van der Waals surface area contributed by atoms with Gasteiger partial charge in [-0.2, -0.15) is 0 Å². The van der Waals surface area contributed by atoms with E-state index < -0.39 is 0 Å². The van der Waals surface area contributed by atoms with Crippen molar-refractivity contribution in [3.05, 3.63) is 39.8 Å². The molecule has 1 aromatic heterocycles. The number of halogens is 1. The lowest BCUT2D eigenvalue weighted by atomic mass is 10.1. The van der Waals surface area contributed by atoms with E-state index in [4.69, 9.17) is 0 Å². The Kier molecular flexibility index (Phi) is 4.03. The third-order valence-corrected chi connectivity index (χ3v) is 4.76. The molecule has 0 amide bonds. The lowest BCUT2D eigenvalue weighted by Gasteiger charge is -2.36. The van der Waals surface area contributed by atoms with E-state index in [9.17, 15) is 4.79 Å². The first-order chi connectivity index (χ1) is 9.78. The summed E-state index contributed by atoms with van der Waals surface area (Å²) in [4.78, 5) is 20.1. The number of aldehydes is 1. The molecule has 1 aliphatic heterocycles. The largest absolute Gasteiger partial charge is 0.367 e. The SMILES string of the molecule is O=Cc1ccc(Br)cc1N1CCN(c2nccs2)CC1. The third-order valence-electron chi connectivity index (χ3n) is 3.43. The molecule has 1 aliphatic rings. The molecule has 4 nitrogen and oxygen atoms in total. The fourth-order valence-corrected chi connectivity index (χ4v) is 3.45. The van der Waals surface area contributed by atoms with Crippen LogP contribution >= 0.6 is 27.3 Å². The van der Waals surface area contributed by atoms with E-state index >= 15 is 0 Å². The topological polar surface area (TPSA) is 36.4 Å². The van der Waals surface area contributed by atoms with Crippen molar-refractivity contribution in [2.24, 2.45) is 0 Å². The van der Waals surface area contributed by atoms with Crippen molar-refractivity contribution in [2.75, 3.05) is 36.0 Å². The molecule has 104 valence electrons. The third kappa shape index (κ3) is 2.71. The van der Waals surface area contributed by atoms with Crippen molar-refractivity contribution in [1.29, 1.82) is 0 Å². The Morgan fingerprint density at radius 3 is 2.60 bits per heavy atom. The minimum Gasteiger partial charge on any atom is -0.367 e. The van der Waals surface area contributed by atoms with E-state index in [0.29, 0.717) is 0 Å². The number of carbonyl (C=O) groups excluding carboxylic acids is 1. The molecule has 1 aromatic carbocycles. The average molecular weight is 352 g/mol. The lowest BCUT2D eigenvalue weighted by Crippen LogP contribution is -2.46. The van der Waals surface area contributed by atoms with Gasteiger partial charge in [0, 0.05) is 53.5 Å². The number of benzene rings is 1. The number of hydrogen-bond acceptors (Lipinski definition) is 5. The molecule has 0 aliphatic carbocycles. The molecule has 20 heavy (non-hydrogen) atoms. The number of thiazole rings is 1. The number of hydrogen-bond donors (Lipinski definition) is 0. The summed E-state index contributed by atoms with van der Waals surface area (Å²) in [6, 6.07) is 5.78. The van der Waals surface area contributed by atoms with E-state index in [0.717, 1.165) is 53.3 Å². The van der Waals surface area contributed by atoms with Crippen LogP contribution in [0.2, 0.25) is 0 Å². The molecule has 0 bridgehead atoms. The van der Waals surface area contributed by atoms with Gasteiger partial charge in [0.05, 0.1) is 0 Å². The molecule has 0 atom stereocenters. The summed E-state index contributed by atoms with van der Waals surface area (Å²) in [7, 11) is 0. The highest BCUT2D eigenvalue weighted by Gasteiger charge is 2.20. The Hall–Kier alpha value is -1.40. The van der Waals surface area contributed by atoms with Crippen LogP contribution in [0.3, 0.4) is 0 Å². The Balaban J connectivity index is 1.75. The minimum atomic E-state index is 0.746. The van der Waals surface area contributed by atoms with Gasteiger partial charge in [-0.05, 0) is 18.2 Å². The van der Waals surface area contributed by atoms with Gasteiger partial charge in [-0.15, -0.1) is 11.3 Å². The molecule has 0 N–H and O–H groups in total. The van der Waals surface area contributed by atoms with Gasteiger partial charge in [0.1, 0.15) is 0 Å². The zero-order valence-electron chi connectivity index (χ0n) is 10.8. The van der Waals surface area contributed by atoms with Crippen LogP contribution in [-0.2, 0) is 0 Å². The summed E-state index contributed by atoms with van der Waals surface area (Å²) in [6.45, 7) is 3.66. The van der Waals surface area contributed by atoms with Crippen molar-refractivity contribution in [1.82, 2.24) is 4.98 Å². The molecular formula is C14H14BrN3OS. The predicted octanol–water partition coefficient (Wildman–Crippen LogP) is 3.04. The maximum atomic E-state index is 11.2. The summed E-state index contributed by atoms with van der Waals surface area (Å²) in [5.74, 6) is 0. The van der Waals surface area contributed by atoms with Gasteiger partial charge in [-0.25, -0.2) is 4.98 Å². The van der Waals surface area contributed by atoms with E-state index in [1.54, 1.807) is 11.3 Å². The first kappa shape index (κ1) is 13.6. The van der Waals surface area contributed by atoms with Crippen LogP contribution in [0.4, 0.5) is 10.8 Å². The summed E-state index contributed by atoms with van der Waals surface area (Å²) < 4.78 is 1.00. The van der Waals surface area contributed by atoms with Gasteiger partial charge in [-0.3, -0.25) is 4.79 Å². The fourth-order valence-electron chi connectivity index (χ4n) is 2.40. The highest BCUT2D eigenvalue weighted by atomic mass is 79.9. The Bertz CT molecular complexity index is 594. The normalized spacial score (nSPS) is 15.4. The van der Waals surface area contributed by atoms with Crippen molar-refractivity contribution >= 4 is 44.4 Å². The van der Waals surface area contributed by atoms with E-state index in [1.165, 1.54) is 0 Å². The van der Waals surface area contributed by atoms with Gasteiger partial charge in [-0.1, -0.05) is 15.9 Å². The van der Waals surface area contributed by atoms with Crippen molar-refractivity contribution in [3.63, 3.8) is 0 Å². The number of piperazine rings is 1. The highest BCUT2D eigenvalue weighted by Crippen LogP contribution is 2.26. The summed E-state index contributed by atoms with van der Waals surface area (Å²) in [5, 5.41) is 3.08. The van der Waals surface area contributed by atoms with Crippen molar-refractivity contribution < 1.29 is 4.79 Å². The van der Waals surface area contributed by atoms with Crippen LogP contribution in [0.1, 0.15) is 10.4 Å². The van der Waals surface area contributed by atoms with Crippen LogP contribution in [0.5, 0.6) is 0 Å². The van der Waals surface area contributed by atoms with Crippen LogP contribution in [0.15, 0.2) is 34.2 Å². The van der Waals surface area contributed by atoms with Crippen LogP contribution in [0.25, 0.3) is 0 Å². The molecule has 1 fully saturated rings. The smallest absolute Gasteiger partial charge is 0.185 e. The van der Waals surface area contributed by atoms with Crippen LogP contribution in [-0.4, -0.2) is 37.4 Å². The van der Waals surface area contributed by atoms with Crippen molar-refractivity contribution in [3.8, 4) is 0 Å². The highest BCUT2D eigenvalue weighted by molar-refractivity contribution is 9.10. The number of nitrogens with zero attached hydrogens (tertiary/aromatic N) is 3. The Morgan fingerprint density at radius 2 is 1.95 bits per heavy atom. The summed E-state index contributed by atoms with van der Waals surface area (Å²) >= 11 is 5.14. The summed E-state index contributed by atoms with van der Waals surface area (Å²) in [6.07, 6.45) is 2.76. The minimum absolute atomic E-state index is 0.746. The monoisotopic (exact) mass is 351 g/mol. The predicted molar refractivity (Wildman–Crippen MR) is 86.1 cm³/mol. The fraction of sp³-hybridized carbons (Fsp3) is 0.286. The zero-order chi connectivity index (χ0) is 13.9. The molecule has 0 saturated carbocycles. The van der Waals surface area contributed by atoms with Gasteiger partial charge in [0.25, 0.3) is 0 Å². The molecule has 0 radical (unpaired) electrons. The quantitative estimate of drug-likeness (QED) is 0.796. The molecular weight excluding hydrogens is 338 g/mol. The van der Waals surface area contributed by atoms with Gasteiger partial charge < -0.3 is 9.80 Å². The second kappa shape index (κ2) is 5.93. The number of carbonyl (C=O) groups is 1. The number of anilines is 2. The maximum Gasteiger partial charge on any atom is 0.185 e. The van der Waals surface area contributed by atoms with Gasteiger partial charge in [0.15, 0.2) is 11.4 Å². The Morgan fingerprint density at radius 1 is 1.20 bits per heavy atom. The molecule has 6 heteroatoms. The van der Waals surface area contributed by atoms with Gasteiger partial charge in [0.2, 0.25) is 0 Å². The van der Waals surface area contributed by atoms with E-state index in [-0.39, 0.29) is 0 Å². The second-order valence-corrected chi connectivity index (χ2v) is 6.40. The second-order valence-electron chi connectivity index (χ2n) is 4.61. The first-order valence-electron chi connectivity index (χ1n) is 6.42. The first-order valence-corrected chi connectivity index (χ1v) is 8.09. The molecule has 3 rings (SSSR count). The standard InChI is InChI=1S/C14H14BrN3OS/c15-12-2-1-11(10-19)13(9-12)17-4-6-18(7-5-17)14-16-3-8-20-14/h1-3,8-10H,4-7H2. The summed E-state index contributed by atoms with van der Waals surface area (Å²) in [5.41, 5.74) is 1.75. The molecule has 0 unspecified atom stereocenters. The van der Waals surface area contributed by atoms with Crippen molar-refractivity contribution in [2.45, 2.75) is 0 Å². The van der Waals surface area contributed by atoms with Gasteiger partial charge >= 0.3 is 0 Å². The number of aromatic nitrogens is 1. The molecule has 0 spiro atoms. The molecule has 2 aromatic rings. The van der Waals surface area contributed by atoms with Crippen LogP contribution < -0.4 is 9.80 Å².